The number of carbonyl (C=O) groups excluding carboxylic acids is 1. The molecule has 0 aliphatic heterocycles. The highest BCUT2D eigenvalue weighted by Gasteiger charge is 2.22. The van der Waals surface area contributed by atoms with Crippen LogP contribution in [0.4, 0.5) is 10.1 Å². The van der Waals surface area contributed by atoms with Gasteiger partial charge in [0.05, 0.1) is 11.9 Å². The summed E-state index contributed by atoms with van der Waals surface area (Å²) in [6.45, 7) is 0. The number of benzene rings is 1. The monoisotopic (exact) mass is 341 g/mol. The van der Waals surface area contributed by atoms with Crippen LogP contribution in [0.25, 0.3) is 0 Å². The summed E-state index contributed by atoms with van der Waals surface area (Å²) in [6, 6.07) is 4.12. The Kier molecular flexibility index (Phi) is 3.84. The van der Waals surface area contributed by atoms with Crippen molar-refractivity contribution in [2.45, 2.75) is 0 Å². The molecule has 0 spiro atoms. The van der Waals surface area contributed by atoms with Crippen LogP contribution in [0.1, 0.15) is 20.8 Å². The molecule has 1 amide bonds. The van der Waals surface area contributed by atoms with E-state index in [0.29, 0.717) is 4.47 Å². The fourth-order valence-corrected chi connectivity index (χ4v) is 1.97. The van der Waals surface area contributed by atoms with Crippen molar-refractivity contribution in [3.63, 3.8) is 0 Å². The highest BCUT2D eigenvalue weighted by atomic mass is 79.9. The van der Waals surface area contributed by atoms with E-state index in [-0.39, 0.29) is 16.9 Å². The van der Waals surface area contributed by atoms with Gasteiger partial charge in [0, 0.05) is 11.5 Å². The van der Waals surface area contributed by atoms with Crippen LogP contribution in [0.2, 0.25) is 0 Å². The van der Waals surface area contributed by atoms with E-state index >= 15 is 0 Å². The third-order valence-electron chi connectivity index (χ3n) is 2.56. The predicted molar refractivity (Wildman–Crippen MR) is 72.2 cm³/mol. The fourth-order valence-electron chi connectivity index (χ4n) is 1.64. The lowest BCUT2D eigenvalue weighted by Crippen LogP contribution is -2.20. The average molecular weight is 342 g/mol. The summed E-state index contributed by atoms with van der Waals surface area (Å²) < 4.78 is 15.3. The average Bonchev–Trinajstić information content (AvgIpc) is 2.75. The van der Waals surface area contributed by atoms with Gasteiger partial charge in [-0.05, 0) is 18.2 Å². The Morgan fingerprint density at radius 1 is 1.45 bits per heavy atom. The van der Waals surface area contributed by atoms with Crippen LogP contribution in [-0.4, -0.2) is 26.8 Å². The molecule has 2 rings (SSSR count). The molecule has 1 aromatic heterocycles. The predicted octanol–water partition coefficient (Wildman–Crippen LogP) is 2.27. The third-order valence-corrected chi connectivity index (χ3v) is 3.06. The summed E-state index contributed by atoms with van der Waals surface area (Å²) in [4.78, 5) is 23.0. The van der Waals surface area contributed by atoms with Crippen LogP contribution in [0.3, 0.4) is 0 Å². The number of anilines is 1. The fraction of sp³-hybridized carbons (Fsp3) is 0.0833. The summed E-state index contributed by atoms with van der Waals surface area (Å²) in [7, 11) is 1.43. The number of aromatic nitrogens is 2. The number of amides is 1. The molecule has 1 aromatic carbocycles. The highest BCUT2D eigenvalue weighted by Crippen LogP contribution is 2.20. The van der Waals surface area contributed by atoms with Gasteiger partial charge in [-0.2, -0.15) is 5.10 Å². The first kappa shape index (κ1) is 14.2. The van der Waals surface area contributed by atoms with Crippen molar-refractivity contribution < 1.29 is 19.1 Å². The zero-order valence-corrected chi connectivity index (χ0v) is 11.8. The Balaban J connectivity index is 2.33. The van der Waals surface area contributed by atoms with E-state index in [1.165, 1.54) is 19.2 Å². The van der Waals surface area contributed by atoms with Crippen molar-refractivity contribution in [1.29, 1.82) is 0 Å². The molecule has 0 saturated carbocycles. The molecular weight excluding hydrogens is 333 g/mol. The van der Waals surface area contributed by atoms with E-state index in [1.807, 2.05) is 0 Å². The molecule has 0 aliphatic carbocycles. The first-order valence-corrected chi connectivity index (χ1v) is 6.21. The molecule has 0 bridgehead atoms. The van der Waals surface area contributed by atoms with E-state index in [1.54, 1.807) is 6.07 Å². The van der Waals surface area contributed by atoms with Crippen molar-refractivity contribution in [2.75, 3.05) is 5.32 Å². The van der Waals surface area contributed by atoms with E-state index in [2.05, 4.69) is 26.3 Å². The van der Waals surface area contributed by atoms with E-state index in [0.717, 1.165) is 10.9 Å². The molecule has 0 aliphatic rings. The van der Waals surface area contributed by atoms with Gasteiger partial charge in [-0.1, -0.05) is 15.9 Å². The van der Waals surface area contributed by atoms with Gasteiger partial charge in [-0.3, -0.25) is 9.48 Å². The summed E-state index contributed by atoms with van der Waals surface area (Å²) in [5.41, 5.74) is -0.446. The number of nitrogens with zero attached hydrogens (tertiary/aromatic N) is 2. The molecule has 2 N–H and O–H groups in total. The van der Waals surface area contributed by atoms with Gasteiger partial charge in [0.25, 0.3) is 5.91 Å². The number of carboxylic acid groups (broad SMARTS) is 1. The van der Waals surface area contributed by atoms with Crippen LogP contribution in [0, 0.1) is 5.82 Å². The smallest absolute Gasteiger partial charge is 0.339 e. The Morgan fingerprint density at radius 2 is 2.15 bits per heavy atom. The molecule has 8 heteroatoms. The minimum atomic E-state index is -1.28. The first-order valence-electron chi connectivity index (χ1n) is 5.42. The van der Waals surface area contributed by atoms with Gasteiger partial charge >= 0.3 is 5.97 Å². The quantitative estimate of drug-likeness (QED) is 0.896. The minimum absolute atomic E-state index is 0.0456. The number of hydrogen-bond acceptors (Lipinski definition) is 3. The maximum atomic E-state index is 13.6. The SMILES string of the molecule is Cn1ncc(C(=O)O)c1C(=O)Nc1ccc(Br)cc1F. The lowest BCUT2D eigenvalue weighted by atomic mass is 10.2. The summed E-state index contributed by atoms with van der Waals surface area (Å²) >= 11 is 3.10. The third kappa shape index (κ3) is 2.69. The number of aryl methyl sites for hydroxylation is 1. The number of nitrogens with one attached hydrogen (secondary N) is 1. The molecule has 0 unspecified atom stereocenters. The molecule has 2 aromatic rings. The zero-order valence-electron chi connectivity index (χ0n) is 10.2. The standard InChI is InChI=1S/C12H9BrFN3O3/c1-17-10(7(5-15-17)12(19)20)11(18)16-9-3-2-6(13)4-8(9)14/h2-5H,1H3,(H,16,18)(H,19,20). The van der Waals surface area contributed by atoms with Crippen LogP contribution in [0.15, 0.2) is 28.9 Å². The van der Waals surface area contributed by atoms with E-state index in [9.17, 15) is 14.0 Å². The summed E-state index contributed by atoms with van der Waals surface area (Å²) in [5.74, 6) is -2.66. The lowest BCUT2D eigenvalue weighted by Gasteiger charge is -2.07. The molecule has 0 radical (unpaired) electrons. The van der Waals surface area contributed by atoms with Crippen molar-refractivity contribution in [1.82, 2.24) is 9.78 Å². The van der Waals surface area contributed by atoms with Crippen molar-refractivity contribution in [2.24, 2.45) is 7.05 Å². The molecule has 0 atom stereocenters. The second-order valence-corrected chi connectivity index (χ2v) is 4.83. The number of hydrogen-bond donors (Lipinski definition) is 2. The minimum Gasteiger partial charge on any atom is -0.478 e. The molecular formula is C12H9BrFN3O3. The van der Waals surface area contributed by atoms with Gasteiger partial charge in [0.15, 0.2) is 0 Å². The Labute approximate surface area is 121 Å². The van der Waals surface area contributed by atoms with Crippen molar-refractivity contribution in [3.05, 3.63) is 45.9 Å². The van der Waals surface area contributed by atoms with Crippen LogP contribution in [0.5, 0.6) is 0 Å². The molecule has 0 fully saturated rings. The molecule has 1 heterocycles. The topological polar surface area (TPSA) is 84.2 Å². The maximum Gasteiger partial charge on any atom is 0.339 e. The normalized spacial score (nSPS) is 10.3. The van der Waals surface area contributed by atoms with Gasteiger partial charge < -0.3 is 10.4 Å². The highest BCUT2D eigenvalue weighted by molar-refractivity contribution is 9.10. The zero-order chi connectivity index (χ0) is 14.9. The van der Waals surface area contributed by atoms with Gasteiger partial charge in [-0.25, -0.2) is 9.18 Å². The number of carbonyl (C=O) groups is 2. The molecule has 0 saturated heterocycles. The van der Waals surface area contributed by atoms with Crippen LogP contribution in [-0.2, 0) is 7.05 Å². The Morgan fingerprint density at radius 3 is 2.75 bits per heavy atom. The van der Waals surface area contributed by atoms with Gasteiger partial charge in [-0.15, -0.1) is 0 Å². The van der Waals surface area contributed by atoms with Crippen molar-refractivity contribution >= 4 is 33.5 Å². The van der Waals surface area contributed by atoms with Gasteiger partial charge in [0.1, 0.15) is 17.1 Å². The molecule has 20 heavy (non-hydrogen) atoms. The number of rotatable bonds is 3. The lowest BCUT2D eigenvalue weighted by molar-refractivity contribution is 0.0692. The second-order valence-electron chi connectivity index (χ2n) is 3.91. The Hall–Kier alpha value is -2.22. The Bertz CT molecular complexity index is 699. The number of aromatic carboxylic acids is 1. The maximum absolute atomic E-state index is 13.6. The largest absolute Gasteiger partial charge is 0.478 e. The van der Waals surface area contributed by atoms with E-state index in [4.69, 9.17) is 5.11 Å². The molecule has 6 nitrogen and oxygen atoms in total. The first-order chi connectivity index (χ1) is 9.40. The second kappa shape index (κ2) is 5.41. The number of halogens is 2. The van der Waals surface area contributed by atoms with Gasteiger partial charge in [0.2, 0.25) is 0 Å². The van der Waals surface area contributed by atoms with E-state index < -0.39 is 17.7 Å². The molecule has 104 valence electrons. The van der Waals surface area contributed by atoms with Crippen molar-refractivity contribution in [3.8, 4) is 0 Å². The van der Waals surface area contributed by atoms with Crippen LogP contribution < -0.4 is 5.32 Å². The van der Waals surface area contributed by atoms with Crippen LogP contribution >= 0.6 is 15.9 Å². The number of carboxylic acids is 1. The summed E-state index contributed by atoms with van der Waals surface area (Å²) in [6.07, 6.45) is 1.06. The summed E-state index contributed by atoms with van der Waals surface area (Å²) in [5, 5.41) is 15.0.